The molecule has 0 aliphatic carbocycles. The maximum atomic E-state index is 5.59. The van der Waals surface area contributed by atoms with Gasteiger partial charge in [-0.05, 0) is 57.5 Å². The van der Waals surface area contributed by atoms with Crippen molar-refractivity contribution in [3.63, 3.8) is 0 Å². The maximum absolute atomic E-state index is 5.59. The van der Waals surface area contributed by atoms with Crippen molar-refractivity contribution in [3.05, 3.63) is 36.4 Å². The number of likely N-dealkylation sites (tertiary alicyclic amines) is 1. The lowest BCUT2D eigenvalue weighted by molar-refractivity contribution is 0.218. The summed E-state index contributed by atoms with van der Waals surface area (Å²) in [7, 11) is 2.19. The van der Waals surface area contributed by atoms with E-state index in [0.29, 0.717) is 5.82 Å². The molecule has 0 radical (unpaired) electrons. The van der Waals surface area contributed by atoms with Gasteiger partial charge in [0.25, 0.3) is 0 Å². The zero-order chi connectivity index (χ0) is 14.7. The molecule has 2 aromatic heterocycles. The molecule has 1 aliphatic rings. The normalized spacial score (nSPS) is 17.0. The summed E-state index contributed by atoms with van der Waals surface area (Å²) in [5.74, 6) is 1.25. The van der Waals surface area contributed by atoms with Crippen LogP contribution >= 0.6 is 0 Å². The van der Waals surface area contributed by atoms with Crippen molar-refractivity contribution in [2.24, 2.45) is 5.92 Å². The van der Waals surface area contributed by atoms with Gasteiger partial charge in [0.05, 0.1) is 17.6 Å². The Labute approximate surface area is 125 Å². The van der Waals surface area contributed by atoms with E-state index in [9.17, 15) is 0 Å². The molecule has 1 saturated heterocycles. The molecule has 0 atom stereocenters. The van der Waals surface area contributed by atoms with Crippen molar-refractivity contribution in [2.45, 2.75) is 19.3 Å². The lowest BCUT2D eigenvalue weighted by atomic mass is 9.92. The first-order valence-corrected chi connectivity index (χ1v) is 7.42. The smallest absolute Gasteiger partial charge is 0.123 e. The number of hydrogen-bond donors (Lipinski definition) is 1. The number of rotatable bonds is 3. The molecule has 1 fully saturated rings. The monoisotopic (exact) mass is 283 g/mol. The molecule has 2 aromatic rings. The Hall–Kier alpha value is -2.01. The third kappa shape index (κ3) is 3.55. The fourth-order valence-electron chi connectivity index (χ4n) is 2.73. The van der Waals surface area contributed by atoms with Gasteiger partial charge < -0.3 is 10.6 Å². The van der Waals surface area contributed by atoms with Gasteiger partial charge in [-0.15, -0.1) is 0 Å². The first-order chi connectivity index (χ1) is 10.2. The quantitative estimate of drug-likeness (QED) is 0.933. The second-order valence-electron chi connectivity index (χ2n) is 5.82. The molecule has 5 heteroatoms. The highest BCUT2D eigenvalue weighted by Gasteiger charge is 2.17. The van der Waals surface area contributed by atoms with Crippen LogP contribution in [0.5, 0.6) is 0 Å². The van der Waals surface area contributed by atoms with Gasteiger partial charge in [0.1, 0.15) is 5.82 Å². The van der Waals surface area contributed by atoms with Crippen molar-refractivity contribution in [1.29, 1.82) is 0 Å². The van der Waals surface area contributed by atoms with Crippen LogP contribution in [0.25, 0.3) is 11.3 Å². The van der Waals surface area contributed by atoms with Crippen LogP contribution in [-0.4, -0.2) is 40.0 Å². The van der Waals surface area contributed by atoms with E-state index in [1.165, 1.54) is 25.9 Å². The molecule has 3 heterocycles. The SMILES string of the molecule is CN1CCC(Cc2cnc(-c3ccc(N)nc3)cn2)CC1. The molecule has 3 rings (SSSR count). The van der Waals surface area contributed by atoms with Crippen molar-refractivity contribution < 1.29 is 0 Å². The lowest BCUT2D eigenvalue weighted by Gasteiger charge is -2.28. The minimum atomic E-state index is 0.519. The van der Waals surface area contributed by atoms with Gasteiger partial charge in [-0.2, -0.15) is 0 Å². The predicted octanol–water partition coefficient (Wildman–Crippen LogP) is 2.01. The fraction of sp³-hybridized carbons (Fsp3) is 0.438. The second-order valence-corrected chi connectivity index (χ2v) is 5.82. The van der Waals surface area contributed by atoms with Gasteiger partial charge >= 0.3 is 0 Å². The van der Waals surface area contributed by atoms with Crippen LogP contribution in [0.15, 0.2) is 30.7 Å². The summed E-state index contributed by atoms with van der Waals surface area (Å²) >= 11 is 0. The predicted molar refractivity (Wildman–Crippen MR) is 83.6 cm³/mol. The van der Waals surface area contributed by atoms with Gasteiger partial charge in [0, 0.05) is 18.0 Å². The topological polar surface area (TPSA) is 67.9 Å². The number of nitrogens with zero attached hydrogens (tertiary/aromatic N) is 4. The number of hydrogen-bond acceptors (Lipinski definition) is 5. The number of piperidine rings is 1. The number of nitrogens with two attached hydrogens (primary N) is 1. The number of nitrogen functional groups attached to an aromatic ring is 1. The Morgan fingerprint density at radius 2 is 1.90 bits per heavy atom. The van der Waals surface area contributed by atoms with Crippen molar-refractivity contribution in [1.82, 2.24) is 19.9 Å². The summed E-state index contributed by atoms with van der Waals surface area (Å²) in [6.45, 7) is 2.38. The molecular weight excluding hydrogens is 262 g/mol. The number of pyridine rings is 1. The van der Waals surface area contributed by atoms with Crippen LogP contribution in [0.4, 0.5) is 5.82 Å². The largest absolute Gasteiger partial charge is 0.384 e. The van der Waals surface area contributed by atoms with E-state index in [2.05, 4.69) is 26.9 Å². The van der Waals surface area contributed by atoms with Crippen LogP contribution in [0.3, 0.4) is 0 Å². The Bertz CT molecular complexity index is 571. The Kier molecular flexibility index (Phi) is 4.10. The van der Waals surface area contributed by atoms with Crippen LogP contribution in [0.1, 0.15) is 18.5 Å². The summed E-state index contributed by atoms with van der Waals surface area (Å²) < 4.78 is 0. The summed E-state index contributed by atoms with van der Waals surface area (Å²) in [5, 5.41) is 0. The molecule has 0 amide bonds. The molecule has 0 spiro atoms. The van der Waals surface area contributed by atoms with Crippen LogP contribution < -0.4 is 5.73 Å². The van der Waals surface area contributed by atoms with E-state index in [0.717, 1.165) is 29.3 Å². The van der Waals surface area contributed by atoms with Gasteiger partial charge in [-0.1, -0.05) is 0 Å². The van der Waals surface area contributed by atoms with Crippen LogP contribution in [0, 0.1) is 5.92 Å². The van der Waals surface area contributed by atoms with E-state index in [4.69, 9.17) is 5.73 Å². The number of aromatic nitrogens is 3. The van der Waals surface area contributed by atoms with Gasteiger partial charge in [0.2, 0.25) is 0 Å². The van der Waals surface area contributed by atoms with Gasteiger partial charge in [-0.25, -0.2) is 4.98 Å². The molecular formula is C16H21N5. The van der Waals surface area contributed by atoms with Crippen LogP contribution in [-0.2, 0) is 6.42 Å². The summed E-state index contributed by atoms with van der Waals surface area (Å²) in [4.78, 5) is 15.5. The van der Waals surface area contributed by atoms with Crippen molar-refractivity contribution >= 4 is 5.82 Å². The van der Waals surface area contributed by atoms with Gasteiger partial charge in [0.15, 0.2) is 0 Å². The Morgan fingerprint density at radius 1 is 1.10 bits per heavy atom. The molecule has 5 nitrogen and oxygen atoms in total. The van der Waals surface area contributed by atoms with E-state index >= 15 is 0 Å². The van der Waals surface area contributed by atoms with Gasteiger partial charge in [-0.3, -0.25) is 9.97 Å². The lowest BCUT2D eigenvalue weighted by Crippen LogP contribution is -2.31. The molecule has 0 bridgehead atoms. The summed E-state index contributed by atoms with van der Waals surface area (Å²) in [6.07, 6.45) is 8.99. The van der Waals surface area contributed by atoms with E-state index in [1.807, 2.05) is 18.5 Å². The molecule has 21 heavy (non-hydrogen) atoms. The van der Waals surface area contributed by atoms with E-state index in [-0.39, 0.29) is 0 Å². The zero-order valence-corrected chi connectivity index (χ0v) is 12.4. The first kappa shape index (κ1) is 13.9. The highest BCUT2D eigenvalue weighted by Crippen LogP contribution is 2.21. The molecule has 1 aliphatic heterocycles. The molecule has 2 N–H and O–H groups in total. The first-order valence-electron chi connectivity index (χ1n) is 7.42. The Morgan fingerprint density at radius 3 is 2.52 bits per heavy atom. The summed E-state index contributed by atoms with van der Waals surface area (Å²) in [6, 6.07) is 3.70. The van der Waals surface area contributed by atoms with E-state index < -0.39 is 0 Å². The zero-order valence-electron chi connectivity index (χ0n) is 12.4. The highest BCUT2D eigenvalue weighted by molar-refractivity contribution is 5.58. The van der Waals surface area contributed by atoms with E-state index in [1.54, 1.807) is 12.3 Å². The number of anilines is 1. The van der Waals surface area contributed by atoms with Crippen LogP contribution in [0.2, 0.25) is 0 Å². The molecule has 110 valence electrons. The summed E-state index contributed by atoms with van der Waals surface area (Å²) in [5.41, 5.74) is 8.46. The Balaban J connectivity index is 1.65. The fourth-order valence-corrected chi connectivity index (χ4v) is 2.73. The van der Waals surface area contributed by atoms with Crippen molar-refractivity contribution in [2.75, 3.05) is 25.9 Å². The minimum absolute atomic E-state index is 0.519. The maximum Gasteiger partial charge on any atom is 0.123 e. The second kappa shape index (κ2) is 6.18. The minimum Gasteiger partial charge on any atom is -0.384 e. The third-order valence-corrected chi connectivity index (χ3v) is 4.12. The molecule has 0 saturated carbocycles. The highest BCUT2D eigenvalue weighted by atomic mass is 15.1. The third-order valence-electron chi connectivity index (χ3n) is 4.12. The average molecular weight is 283 g/mol. The molecule has 0 unspecified atom stereocenters. The molecule has 0 aromatic carbocycles. The van der Waals surface area contributed by atoms with Crippen molar-refractivity contribution in [3.8, 4) is 11.3 Å². The standard InChI is InChI=1S/C16H21N5/c1-21-6-4-12(5-7-21)8-14-10-19-15(11-18-14)13-2-3-16(17)20-9-13/h2-3,9-12H,4-8H2,1H3,(H2,17,20). The average Bonchev–Trinajstić information content (AvgIpc) is 2.51.